The Kier molecular flexibility index (Phi) is 10.4. The summed E-state index contributed by atoms with van der Waals surface area (Å²) in [7, 11) is -2.19. The molecular formula is C41H39F7N10O3S2. The number of carbonyl (C=O) groups is 1. The first-order valence-corrected chi connectivity index (χ1v) is 22.6. The van der Waals surface area contributed by atoms with Crippen LogP contribution in [0.4, 0.5) is 41.7 Å². The molecule has 13 nitrogen and oxygen atoms in total. The fourth-order valence-electron chi connectivity index (χ4n) is 9.12. The SMILES string of the molecule is C=C1C[C@@H]2[C@H]1c1c(C(F)(F)F)nn(CC(=O)N[C@@H](Cc3cc(F)cc(F)c3)c3nc4nc(N5CCN(CC)CC5)sc4cc3-c3cccc4c(NS(C)(=O)=O)nn(C)c34)c1C2(F)F. The van der Waals surface area contributed by atoms with Crippen molar-refractivity contribution in [2.45, 2.75) is 50.4 Å². The largest absolute Gasteiger partial charge is 0.435 e. The fraction of sp³-hybridized carbons (Fsp3) is 0.390. The summed E-state index contributed by atoms with van der Waals surface area (Å²) in [6, 6.07) is 8.21. The van der Waals surface area contributed by atoms with Crippen molar-refractivity contribution in [3.63, 3.8) is 0 Å². The molecule has 1 saturated heterocycles. The van der Waals surface area contributed by atoms with Gasteiger partial charge in [-0.1, -0.05) is 42.5 Å². The number of pyridine rings is 1. The third-order valence-electron chi connectivity index (χ3n) is 11.9. The summed E-state index contributed by atoms with van der Waals surface area (Å²) in [6.07, 6.45) is -4.68. The molecule has 9 rings (SSSR count). The number of rotatable bonds is 11. The van der Waals surface area contributed by atoms with E-state index in [9.17, 15) is 35.2 Å². The van der Waals surface area contributed by atoms with Crippen LogP contribution in [0.25, 0.3) is 32.4 Å². The number of piperazine rings is 1. The third kappa shape index (κ3) is 7.68. The first kappa shape index (κ1) is 42.7. The molecule has 2 N–H and O–H groups in total. The van der Waals surface area contributed by atoms with Gasteiger partial charge in [0.2, 0.25) is 15.9 Å². The van der Waals surface area contributed by atoms with Gasteiger partial charge in [-0.3, -0.25) is 18.9 Å². The molecule has 3 atom stereocenters. The summed E-state index contributed by atoms with van der Waals surface area (Å²) in [6.45, 7) is 8.55. The molecule has 5 heterocycles. The van der Waals surface area contributed by atoms with Crippen molar-refractivity contribution < 1.29 is 43.9 Å². The zero-order valence-electron chi connectivity index (χ0n) is 33.9. The molecule has 1 saturated carbocycles. The van der Waals surface area contributed by atoms with Gasteiger partial charge in [0, 0.05) is 73.2 Å². The zero-order valence-corrected chi connectivity index (χ0v) is 35.5. The molecule has 1 aliphatic heterocycles. The van der Waals surface area contributed by atoms with Crippen LogP contribution in [0.1, 0.15) is 53.5 Å². The molecule has 63 heavy (non-hydrogen) atoms. The molecule has 1 amide bonds. The van der Waals surface area contributed by atoms with Crippen molar-refractivity contribution in [1.29, 1.82) is 0 Å². The van der Waals surface area contributed by atoms with Gasteiger partial charge in [-0.2, -0.15) is 37.1 Å². The third-order valence-corrected chi connectivity index (χ3v) is 13.5. The predicted molar refractivity (Wildman–Crippen MR) is 222 cm³/mol. The molecule has 0 bridgehead atoms. The van der Waals surface area contributed by atoms with Gasteiger partial charge in [-0.25, -0.2) is 22.2 Å². The molecule has 6 aromatic rings. The number of benzene rings is 2. The highest BCUT2D eigenvalue weighted by Crippen LogP contribution is 2.65. The number of anilines is 2. The summed E-state index contributed by atoms with van der Waals surface area (Å²) < 4.78 is 134. The van der Waals surface area contributed by atoms with E-state index in [0.717, 1.165) is 38.0 Å². The Bertz CT molecular complexity index is 2940. The van der Waals surface area contributed by atoms with Gasteiger partial charge in [0.1, 0.15) is 23.9 Å². The van der Waals surface area contributed by atoms with E-state index in [0.29, 0.717) is 55.7 Å². The molecule has 4 aromatic heterocycles. The van der Waals surface area contributed by atoms with Gasteiger partial charge < -0.3 is 15.1 Å². The van der Waals surface area contributed by atoms with Crippen LogP contribution in [0, 0.1) is 17.6 Å². The molecular weight excluding hydrogens is 878 g/mol. The van der Waals surface area contributed by atoms with Crippen LogP contribution in [0.2, 0.25) is 0 Å². The Balaban J connectivity index is 1.19. The molecule has 2 fully saturated rings. The van der Waals surface area contributed by atoms with E-state index in [-0.39, 0.29) is 41.1 Å². The number of halogens is 7. The number of para-hydroxylation sites is 1. The molecule has 332 valence electrons. The highest BCUT2D eigenvalue weighted by atomic mass is 32.2. The number of amides is 1. The molecule has 3 aliphatic rings. The van der Waals surface area contributed by atoms with Crippen LogP contribution in [0.3, 0.4) is 0 Å². The van der Waals surface area contributed by atoms with E-state index < -0.39 is 81.0 Å². The smallest absolute Gasteiger partial charge is 0.346 e. The summed E-state index contributed by atoms with van der Waals surface area (Å²) >= 11 is 1.36. The highest BCUT2D eigenvalue weighted by molar-refractivity contribution is 7.92. The lowest BCUT2D eigenvalue weighted by atomic mass is 9.69. The second-order valence-corrected chi connectivity index (χ2v) is 18.9. The zero-order chi connectivity index (χ0) is 44.9. The predicted octanol–water partition coefficient (Wildman–Crippen LogP) is 7.12. The van der Waals surface area contributed by atoms with Crippen LogP contribution in [0.15, 0.2) is 54.6 Å². The molecule has 2 aliphatic carbocycles. The number of allylic oxidation sites excluding steroid dienone is 1. The lowest BCUT2D eigenvalue weighted by Gasteiger charge is -2.37. The van der Waals surface area contributed by atoms with Crippen LogP contribution < -0.4 is 14.9 Å². The van der Waals surface area contributed by atoms with Crippen molar-refractivity contribution >= 4 is 59.5 Å². The number of thiazole rings is 1. The lowest BCUT2D eigenvalue weighted by molar-refractivity contribution is -0.143. The average Bonchev–Trinajstić information content (AvgIpc) is 3.91. The van der Waals surface area contributed by atoms with Gasteiger partial charge >= 0.3 is 6.18 Å². The summed E-state index contributed by atoms with van der Waals surface area (Å²) in [4.78, 5) is 28.5. The number of carbonyl (C=O) groups excluding carboxylic acids is 1. The van der Waals surface area contributed by atoms with E-state index >= 15 is 8.78 Å². The van der Waals surface area contributed by atoms with Crippen LogP contribution in [-0.2, 0) is 46.9 Å². The lowest BCUT2D eigenvalue weighted by Crippen LogP contribution is -2.46. The van der Waals surface area contributed by atoms with Crippen LogP contribution >= 0.6 is 11.3 Å². The number of hydrogen-bond donors (Lipinski definition) is 2. The van der Waals surface area contributed by atoms with E-state index in [1.54, 1.807) is 31.3 Å². The first-order chi connectivity index (χ1) is 29.7. The molecule has 2 aromatic carbocycles. The van der Waals surface area contributed by atoms with Crippen molar-refractivity contribution in [2.75, 3.05) is 48.6 Å². The number of fused-ring (bicyclic) bond motifs is 5. The molecule has 0 unspecified atom stereocenters. The van der Waals surface area contributed by atoms with Crippen molar-refractivity contribution in [2.24, 2.45) is 13.0 Å². The molecule has 0 radical (unpaired) electrons. The maximum Gasteiger partial charge on any atom is 0.435 e. The van der Waals surface area contributed by atoms with E-state index in [1.807, 2.05) is 0 Å². The number of likely N-dealkylation sites (N-methyl/N-ethyl adjacent to an activating group) is 1. The number of nitrogens with one attached hydrogen (secondary N) is 2. The summed E-state index contributed by atoms with van der Waals surface area (Å²) in [5, 5.41) is 11.7. The van der Waals surface area contributed by atoms with E-state index in [2.05, 4.69) is 43.5 Å². The maximum absolute atomic E-state index is 15.9. The Morgan fingerprint density at radius 1 is 1.03 bits per heavy atom. The number of hydrogen-bond acceptors (Lipinski definition) is 10. The molecule has 0 spiro atoms. The number of aromatic nitrogens is 6. The topological polar surface area (TPSA) is 143 Å². The van der Waals surface area contributed by atoms with Crippen molar-refractivity contribution in [3.05, 3.63) is 94.5 Å². The summed E-state index contributed by atoms with van der Waals surface area (Å²) in [5.41, 5.74) is -1.40. The van der Waals surface area contributed by atoms with Gasteiger partial charge in [-0.15, -0.1) is 0 Å². The van der Waals surface area contributed by atoms with Crippen LogP contribution in [0.5, 0.6) is 0 Å². The minimum absolute atomic E-state index is 0.0256. The maximum atomic E-state index is 15.9. The first-order valence-electron chi connectivity index (χ1n) is 19.9. The number of aryl methyl sites for hydroxylation is 1. The Hall–Kier alpha value is -5.61. The fourth-order valence-corrected chi connectivity index (χ4v) is 10.6. The Morgan fingerprint density at radius 2 is 1.75 bits per heavy atom. The highest BCUT2D eigenvalue weighted by Gasteiger charge is 2.65. The monoisotopic (exact) mass is 916 g/mol. The minimum Gasteiger partial charge on any atom is -0.346 e. The minimum atomic E-state index is -5.12. The van der Waals surface area contributed by atoms with Crippen molar-refractivity contribution in [1.82, 2.24) is 39.7 Å². The Labute approximate surface area is 359 Å². The van der Waals surface area contributed by atoms with Crippen LogP contribution in [-0.4, -0.2) is 87.7 Å². The normalized spacial score (nSPS) is 19.3. The average molecular weight is 917 g/mol. The van der Waals surface area contributed by atoms with Gasteiger partial charge in [-0.05, 0) is 49.2 Å². The van der Waals surface area contributed by atoms with Gasteiger partial charge in [0.05, 0.1) is 28.2 Å². The second kappa shape index (κ2) is 15.3. The standard InChI is InChI=1S/C41H39F7N10O3S2/c1-5-56-9-11-57(12-10-56)39-51-38-29(62-39)18-26(24-7-6-8-25-34(24)55(3)53-37(25)54-63(4,60)61)33(50-38)28(16-21-14-22(42)17-23(43)15-21)49-30(59)19-58-36-32(35(52-58)41(46,47)48)31-20(2)13-27(31)40(36,44)45/h6-8,14-15,17-18,27-28,31H,2,5,9-13,16,19H2,1,3-4H3,(H,49,59)(H,53,54)/t27-,28+,31+/m1/s1. The van der Waals surface area contributed by atoms with Gasteiger partial charge in [0.25, 0.3) is 5.92 Å². The number of nitrogens with zero attached hydrogens (tertiary/aromatic N) is 8. The summed E-state index contributed by atoms with van der Waals surface area (Å²) in [5.74, 6) is -9.39. The molecule has 22 heteroatoms. The van der Waals surface area contributed by atoms with E-state index in [4.69, 9.17) is 9.97 Å². The second-order valence-electron chi connectivity index (χ2n) is 16.1. The van der Waals surface area contributed by atoms with Gasteiger partial charge in [0.15, 0.2) is 22.3 Å². The number of sulfonamides is 1. The Morgan fingerprint density at radius 3 is 2.40 bits per heavy atom. The van der Waals surface area contributed by atoms with E-state index in [1.165, 1.54) is 16.0 Å². The number of alkyl halides is 5. The quantitative estimate of drug-likeness (QED) is 0.103. The van der Waals surface area contributed by atoms with Crippen molar-refractivity contribution in [3.8, 4) is 11.1 Å².